The van der Waals surface area contributed by atoms with Gasteiger partial charge in [0.25, 0.3) is 0 Å². The lowest BCUT2D eigenvalue weighted by atomic mass is 10.0. The molecule has 1 N–H and O–H groups in total. The van der Waals surface area contributed by atoms with E-state index in [2.05, 4.69) is 25.0 Å². The quantitative estimate of drug-likeness (QED) is 0.793. The van der Waals surface area contributed by atoms with Crippen LogP contribution in [0.2, 0.25) is 0 Å². The molecule has 1 heterocycles. The average molecular weight is 194 g/mol. The Bertz CT molecular complexity index is 313. The summed E-state index contributed by atoms with van der Waals surface area (Å²) in [4.78, 5) is 0. The number of aliphatic hydroxyl groups excluding tert-OH is 1. The van der Waals surface area contributed by atoms with E-state index in [1.165, 1.54) is 0 Å². The van der Waals surface area contributed by atoms with Crippen LogP contribution in [0.1, 0.15) is 38.4 Å². The second-order valence-electron chi connectivity index (χ2n) is 4.72. The highest BCUT2D eigenvalue weighted by atomic mass is 16.3. The Kier molecular flexibility index (Phi) is 2.35. The smallest absolute Gasteiger partial charge is 0.0631 e. The summed E-state index contributed by atoms with van der Waals surface area (Å²) in [5.41, 5.74) is 1.29. The van der Waals surface area contributed by atoms with Crippen molar-refractivity contribution >= 4 is 0 Å². The standard InChI is InChI=1S/C11H18N2O/c1-9(2)13-6-3-10(12-13)7-11(8-14)4-5-11/h3,6,9,14H,4-5,7-8H2,1-2H3. The van der Waals surface area contributed by atoms with E-state index in [-0.39, 0.29) is 5.41 Å². The fourth-order valence-electron chi connectivity index (χ4n) is 1.71. The molecule has 1 aromatic rings. The van der Waals surface area contributed by atoms with Crippen molar-refractivity contribution in [1.82, 2.24) is 9.78 Å². The van der Waals surface area contributed by atoms with Gasteiger partial charge in [0, 0.05) is 18.8 Å². The Hall–Kier alpha value is -0.830. The fourth-order valence-corrected chi connectivity index (χ4v) is 1.71. The minimum Gasteiger partial charge on any atom is -0.396 e. The summed E-state index contributed by atoms with van der Waals surface area (Å²) in [6.45, 7) is 4.55. The maximum Gasteiger partial charge on any atom is 0.0631 e. The van der Waals surface area contributed by atoms with Crippen molar-refractivity contribution in [3.05, 3.63) is 18.0 Å². The Labute approximate surface area is 84.7 Å². The van der Waals surface area contributed by atoms with Crippen LogP contribution < -0.4 is 0 Å². The molecule has 0 amide bonds. The molecule has 1 aliphatic carbocycles. The summed E-state index contributed by atoms with van der Waals surface area (Å²) >= 11 is 0. The molecule has 0 bridgehead atoms. The molecule has 1 fully saturated rings. The fraction of sp³-hybridized carbons (Fsp3) is 0.727. The molecule has 0 aliphatic heterocycles. The zero-order valence-electron chi connectivity index (χ0n) is 8.90. The minimum absolute atomic E-state index is 0.177. The lowest BCUT2D eigenvalue weighted by Crippen LogP contribution is -2.11. The van der Waals surface area contributed by atoms with Gasteiger partial charge in [0.05, 0.1) is 5.69 Å². The third-order valence-corrected chi connectivity index (χ3v) is 3.04. The first-order chi connectivity index (χ1) is 6.65. The van der Waals surface area contributed by atoms with Crippen molar-refractivity contribution in [2.24, 2.45) is 5.41 Å². The van der Waals surface area contributed by atoms with E-state index in [0.29, 0.717) is 12.6 Å². The molecule has 0 unspecified atom stereocenters. The summed E-state index contributed by atoms with van der Waals surface area (Å²) in [6, 6.07) is 2.49. The summed E-state index contributed by atoms with van der Waals surface area (Å²) in [7, 11) is 0. The van der Waals surface area contributed by atoms with Crippen LogP contribution in [-0.2, 0) is 6.42 Å². The van der Waals surface area contributed by atoms with Crippen LogP contribution in [0.4, 0.5) is 0 Å². The van der Waals surface area contributed by atoms with Crippen LogP contribution in [0.3, 0.4) is 0 Å². The van der Waals surface area contributed by atoms with E-state index in [1.54, 1.807) is 0 Å². The van der Waals surface area contributed by atoms with Crippen molar-refractivity contribution in [2.45, 2.75) is 39.2 Å². The number of nitrogens with zero attached hydrogens (tertiary/aromatic N) is 2. The van der Waals surface area contributed by atoms with Crippen LogP contribution in [-0.4, -0.2) is 21.5 Å². The molecule has 0 saturated heterocycles. The van der Waals surface area contributed by atoms with E-state index in [0.717, 1.165) is 25.0 Å². The highest BCUT2D eigenvalue weighted by molar-refractivity contribution is 5.08. The van der Waals surface area contributed by atoms with Gasteiger partial charge in [0.2, 0.25) is 0 Å². The van der Waals surface area contributed by atoms with Gasteiger partial charge in [-0.05, 0) is 44.6 Å². The second-order valence-corrected chi connectivity index (χ2v) is 4.72. The van der Waals surface area contributed by atoms with Crippen molar-refractivity contribution in [1.29, 1.82) is 0 Å². The zero-order valence-corrected chi connectivity index (χ0v) is 8.90. The average Bonchev–Trinajstić information content (AvgIpc) is 2.75. The molecule has 78 valence electrons. The Balaban J connectivity index is 2.03. The molecular weight excluding hydrogens is 176 g/mol. The summed E-state index contributed by atoms with van der Waals surface area (Å²) in [5.74, 6) is 0. The molecule has 3 nitrogen and oxygen atoms in total. The van der Waals surface area contributed by atoms with Crippen LogP contribution >= 0.6 is 0 Å². The SMILES string of the molecule is CC(C)n1ccc(CC2(CO)CC2)n1. The number of hydrogen-bond donors (Lipinski definition) is 1. The van der Waals surface area contributed by atoms with Crippen LogP contribution in [0.15, 0.2) is 12.3 Å². The van der Waals surface area contributed by atoms with E-state index in [4.69, 9.17) is 0 Å². The normalized spacial score (nSPS) is 18.9. The van der Waals surface area contributed by atoms with Gasteiger partial charge in [-0.2, -0.15) is 5.10 Å². The predicted molar refractivity (Wildman–Crippen MR) is 55.1 cm³/mol. The van der Waals surface area contributed by atoms with Crippen molar-refractivity contribution in [2.75, 3.05) is 6.61 Å². The van der Waals surface area contributed by atoms with Crippen LogP contribution in [0.5, 0.6) is 0 Å². The first kappa shape index (κ1) is 9.71. The molecule has 2 rings (SSSR count). The molecule has 0 aromatic carbocycles. The van der Waals surface area contributed by atoms with Crippen molar-refractivity contribution in [3.63, 3.8) is 0 Å². The van der Waals surface area contributed by atoms with Gasteiger partial charge >= 0.3 is 0 Å². The molecule has 0 radical (unpaired) electrons. The van der Waals surface area contributed by atoms with E-state index >= 15 is 0 Å². The Morgan fingerprint density at radius 3 is 2.71 bits per heavy atom. The molecule has 1 aromatic heterocycles. The Morgan fingerprint density at radius 1 is 1.57 bits per heavy atom. The zero-order chi connectivity index (χ0) is 10.2. The van der Waals surface area contributed by atoms with Crippen molar-refractivity contribution in [3.8, 4) is 0 Å². The highest BCUT2D eigenvalue weighted by Crippen LogP contribution is 2.47. The second kappa shape index (κ2) is 3.39. The van der Waals surface area contributed by atoms with E-state index in [9.17, 15) is 5.11 Å². The van der Waals surface area contributed by atoms with Gasteiger partial charge in [-0.1, -0.05) is 0 Å². The summed E-state index contributed by atoms with van der Waals surface area (Å²) in [6.07, 6.45) is 5.26. The molecule has 14 heavy (non-hydrogen) atoms. The lowest BCUT2D eigenvalue weighted by molar-refractivity contribution is 0.210. The molecule has 1 saturated carbocycles. The van der Waals surface area contributed by atoms with Crippen molar-refractivity contribution < 1.29 is 5.11 Å². The number of rotatable bonds is 4. The third-order valence-electron chi connectivity index (χ3n) is 3.04. The summed E-state index contributed by atoms with van der Waals surface area (Å²) < 4.78 is 1.97. The monoisotopic (exact) mass is 194 g/mol. The minimum atomic E-state index is 0.177. The summed E-state index contributed by atoms with van der Waals surface area (Å²) in [5, 5.41) is 13.7. The Morgan fingerprint density at radius 2 is 2.29 bits per heavy atom. The maximum atomic E-state index is 9.20. The lowest BCUT2D eigenvalue weighted by Gasteiger charge is -2.09. The highest BCUT2D eigenvalue weighted by Gasteiger charge is 2.42. The van der Waals surface area contributed by atoms with Gasteiger partial charge in [-0.3, -0.25) is 4.68 Å². The van der Waals surface area contributed by atoms with Gasteiger partial charge in [-0.25, -0.2) is 0 Å². The van der Waals surface area contributed by atoms with Gasteiger partial charge in [-0.15, -0.1) is 0 Å². The van der Waals surface area contributed by atoms with Gasteiger partial charge in [0.1, 0.15) is 0 Å². The largest absolute Gasteiger partial charge is 0.396 e. The molecule has 1 aliphatic rings. The van der Waals surface area contributed by atoms with Gasteiger partial charge < -0.3 is 5.11 Å². The van der Waals surface area contributed by atoms with Crippen LogP contribution in [0, 0.1) is 5.41 Å². The topological polar surface area (TPSA) is 38.0 Å². The number of aromatic nitrogens is 2. The van der Waals surface area contributed by atoms with E-state index in [1.807, 2.05) is 10.9 Å². The first-order valence-corrected chi connectivity index (χ1v) is 5.30. The van der Waals surface area contributed by atoms with Crippen LogP contribution in [0.25, 0.3) is 0 Å². The van der Waals surface area contributed by atoms with E-state index < -0.39 is 0 Å². The molecule has 3 heteroatoms. The number of aliphatic hydroxyl groups is 1. The number of hydrogen-bond acceptors (Lipinski definition) is 2. The molecular formula is C11H18N2O. The predicted octanol–water partition coefficient (Wildman–Crippen LogP) is 1.78. The maximum absolute atomic E-state index is 9.20. The third kappa shape index (κ3) is 1.82. The van der Waals surface area contributed by atoms with Gasteiger partial charge in [0.15, 0.2) is 0 Å². The first-order valence-electron chi connectivity index (χ1n) is 5.30. The molecule has 0 spiro atoms. The molecule has 0 atom stereocenters.